The fraction of sp³-hybridized carbons (Fsp3) is 0.647. The van der Waals surface area contributed by atoms with Crippen molar-refractivity contribution in [1.29, 1.82) is 0 Å². The number of hydrogen-bond acceptors (Lipinski definition) is 4. The van der Waals surface area contributed by atoms with Crippen molar-refractivity contribution in [3.63, 3.8) is 0 Å². The standard InChI is InChI=1S/C17H26N4O2S/c1-2-21-9-8-12-13(10-21)24-16(14(12)15(18)22)20-17(23)19-11-6-4-3-5-7-11/h11H,2-10H2,1H3,(H2,18,22)(H2,19,20,23). The minimum absolute atomic E-state index is 0.227. The molecule has 1 aliphatic heterocycles. The molecule has 2 heterocycles. The summed E-state index contributed by atoms with van der Waals surface area (Å²) < 4.78 is 0. The van der Waals surface area contributed by atoms with Gasteiger partial charge in [-0.05, 0) is 31.4 Å². The van der Waals surface area contributed by atoms with Crippen LogP contribution >= 0.6 is 11.3 Å². The maximum atomic E-state index is 12.3. The largest absolute Gasteiger partial charge is 0.365 e. The minimum atomic E-state index is -0.453. The van der Waals surface area contributed by atoms with E-state index in [9.17, 15) is 9.59 Å². The van der Waals surface area contributed by atoms with Crippen LogP contribution in [0.4, 0.5) is 9.80 Å². The summed E-state index contributed by atoms with van der Waals surface area (Å²) in [7, 11) is 0. The predicted molar refractivity (Wildman–Crippen MR) is 96.5 cm³/mol. The van der Waals surface area contributed by atoms with Gasteiger partial charge in [-0.25, -0.2) is 4.79 Å². The van der Waals surface area contributed by atoms with Gasteiger partial charge in [0.05, 0.1) is 5.56 Å². The summed E-state index contributed by atoms with van der Waals surface area (Å²) in [6.07, 6.45) is 6.45. The normalized spacial score (nSPS) is 18.9. The van der Waals surface area contributed by atoms with Gasteiger partial charge in [0.1, 0.15) is 5.00 Å². The Morgan fingerprint density at radius 3 is 2.71 bits per heavy atom. The number of fused-ring (bicyclic) bond motifs is 1. The third kappa shape index (κ3) is 3.72. The summed E-state index contributed by atoms with van der Waals surface area (Å²) in [5.41, 5.74) is 7.12. The van der Waals surface area contributed by atoms with E-state index in [0.29, 0.717) is 10.6 Å². The average molecular weight is 350 g/mol. The third-order valence-electron chi connectivity index (χ3n) is 5.00. The second kappa shape index (κ2) is 7.53. The Morgan fingerprint density at radius 1 is 1.29 bits per heavy atom. The summed E-state index contributed by atoms with van der Waals surface area (Å²) in [6, 6.07) is 0.0105. The number of carbonyl (C=O) groups excluding carboxylic acids is 2. The van der Waals surface area contributed by atoms with Crippen molar-refractivity contribution in [1.82, 2.24) is 10.2 Å². The smallest absolute Gasteiger partial charge is 0.320 e. The highest BCUT2D eigenvalue weighted by Gasteiger charge is 2.27. The van der Waals surface area contributed by atoms with E-state index < -0.39 is 5.91 Å². The van der Waals surface area contributed by atoms with Crippen LogP contribution in [0.1, 0.15) is 59.8 Å². The highest BCUT2D eigenvalue weighted by molar-refractivity contribution is 7.17. The molecular formula is C17H26N4O2S. The molecule has 24 heavy (non-hydrogen) atoms. The number of thiophene rings is 1. The summed E-state index contributed by atoms with van der Waals surface area (Å²) in [5, 5.41) is 6.50. The highest BCUT2D eigenvalue weighted by atomic mass is 32.1. The number of anilines is 1. The van der Waals surface area contributed by atoms with Gasteiger partial charge in [-0.1, -0.05) is 26.2 Å². The number of urea groups is 1. The van der Waals surface area contributed by atoms with Crippen molar-refractivity contribution < 1.29 is 9.59 Å². The molecule has 0 saturated heterocycles. The Bertz CT molecular complexity index is 622. The van der Waals surface area contributed by atoms with Crippen molar-refractivity contribution in [2.75, 3.05) is 18.4 Å². The molecule has 3 rings (SSSR count). The first-order valence-electron chi connectivity index (χ1n) is 8.82. The van der Waals surface area contributed by atoms with Gasteiger partial charge >= 0.3 is 6.03 Å². The van der Waals surface area contributed by atoms with Crippen LogP contribution in [0.25, 0.3) is 0 Å². The van der Waals surface area contributed by atoms with E-state index in [0.717, 1.165) is 62.2 Å². The van der Waals surface area contributed by atoms with Crippen molar-refractivity contribution >= 4 is 28.3 Å². The monoisotopic (exact) mass is 350 g/mol. The molecule has 0 radical (unpaired) electrons. The molecule has 132 valence electrons. The molecule has 1 aromatic rings. The van der Waals surface area contributed by atoms with Gasteiger partial charge in [-0.15, -0.1) is 11.3 Å². The third-order valence-corrected chi connectivity index (χ3v) is 6.13. The van der Waals surface area contributed by atoms with E-state index in [-0.39, 0.29) is 12.1 Å². The molecule has 7 heteroatoms. The molecule has 3 amide bonds. The Balaban J connectivity index is 1.73. The second-order valence-corrected chi connectivity index (χ2v) is 7.73. The summed E-state index contributed by atoms with van der Waals surface area (Å²) in [4.78, 5) is 27.7. The first kappa shape index (κ1) is 17.2. The zero-order chi connectivity index (χ0) is 17.1. The summed E-state index contributed by atoms with van der Waals surface area (Å²) >= 11 is 1.49. The van der Waals surface area contributed by atoms with Gasteiger partial charge < -0.3 is 11.1 Å². The highest BCUT2D eigenvalue weighted by Crippen LogP contribution is 2.36. The van der Waals surface area contributed by atoms with E-state index >= 15 is 0 Å². The number of likely N-dealkylation sites (N-methyl/N-ethyl adjacent to an activating group) is 1. The molecule has 0 unspecified atom stereocenters. The lowest BCUT2D eigenvalue weighted by molar-refractivity contribution is 0.1000. The van der Waals surface area contributed by atoms with E-state index in [1.165, 1.54) is 17.8 Å². The minimum Gasteiger partial charge on any atom is -0.365 e. The molecule has 0 aromatic carbocycles. The lowest BCUT2D eigenvalue weighted by atomic mass is 9.96. The van der Waals surface area contributed by atoms with Crippen LogP contribution in [0.2, 0.25) is 0 Å². The van der Waals surface area contributed by atoms with Gasteiger partial charge in [-0.2, -0.15) is 0 Å². The number of carbonyl (C=O) groups is 2. The van der Waals surface area contributed by atoms with E-state index in [1.54, 1.807) is 0 Å². The zero-order valence-electron chi connectivity index (χ0n) is 14.2. The first-order chi connectivity index (χ1) is 11.6. The maximum absolute atomic E-state index is 12.3. The fourth-order valence-corrected chi connectivity index (χ4v) is 4.94. The number of primary amides is 1. The molecule has 0 atom stereocenters. The lowest BCUT2D eigenvalue weighted by Gasteiger charge is -2.25. The second-order valence-electron chi connectivity index (χ2n) is 6.62. The molecule has 1 fully saturated rings. The number of hydrogen-bond donors (Lipinski definition) is 3. The van der Waals surface area contributed by atoms with E-state index in [4.69, 9.17) is 5.73 Å². The number of nitrogens with zero attached hydrogens (tertiary/aromatic N) is 1. The molecule has 1 aromatic heterocycles. The van der Waals surface area contributed by atoms with Gasteiger partial charge in [0.25, 0.3) is 5.91 Å². The maximum Gasteiger partial charge on any atom is 0.320 e. The fourth-order valence-electron chi connectivity index (χ4n) is 3.65. The topological polar surface area (TPSA) is 87.5 Å². The zero-order valence-corrected chi connectivity index (χ0v) is 15.0. The Morgan fingerprint density at radius 2 is 2.04 bits per heavy atom. The molecule has 2 aliphatic rings. The van der Waals surface area contributed by atoms with Crippen LogP contribution in [0.5, 0.6) is 0 Å². The molecule has 0 bridgehead atoms. The molecule has 1 saturated carbocycles. The average Bonchev–Trinajstić information content (AvgIpc) is 2.92. The number of nitrogens with two attached hydrogens (primary N) is 1. The number of rotatable bonds is 4. The van der Waals surface area contributed by atoms with Crippen LogP contribution in [0.15, 0.2) is 0 Å². The van der Waals surface area contributed by atoms with Crippen molar-refractivity contribution in [2.45, 2.75) is 58.0 Å². The number of amides is 3. The Hall–Kier alpha value is -1.60. The van der Waals surface area contributed by atoms with Crippen LogP contribution in [0, 0.1) is 0 Å². The predicted octanol–water partition coefficient (Wildman–Crippen LogP) is 2.68. The quantitative estimate of drug-likeness (QED) is 0.780. The number of nitrogens with one attached hydrogen (secondary N) is 2. The van der Waals surface area contributed by atoms with Crippen LogP contribution in [-0.4, -0.2) is 36.0 Å². The van der Waals surface area contributed by atoms with E-state index in [2.05, 4.69) is 22.5 Å². The molecular weight excluding hydrogens is 324 g/mol. The van der Waals surface area contributed by atoms with Crippen LogP contribution in [-0.2, 0) is 13.0 Å². The Kier molecular flexibility index (Phi) is 5.40. The SMILES string of the molecule is CCN1CCc2c(sc(NC(=O)NC3CCCCC3)c2C(N)=O)C1. The Labute approximate surface area is 146 Å². The van der Waals surface area contributed by atoms with Gasteiger partial charge in [0, 0.05) is 24.0 Å². The van der Waals surface area contributed by atoms with Crippen LogP contribution in [0.3, 0.4) is 0 Å². The molecule has 6 nitrogen and oxygen atoms in total. The van der Waals surface area contributed by atoms with Crippen LogP contribution < -0.4 is 16.4 Å². The van der Waals surface area contributed by atoms with Crippen molar-refractivity contribution in [3.05, 3.63) is 16.0 Å². The lowest BCUT2D eigenvalue weighted by Crippen LogP contribution is -2.39. The summed E-state index contributed by atoms with van der Waals surface area (Å²) in [5.74, 6) is -0.453. The van der Waals surface area contributed by atoms with E-state index in [1.807, 2.05) is 0 Å². The first-order valence-corrected chi connectivity index (χ1v) is 9.64. The summed E-state index contributed by atoms with van der Waals surface area (Å²) in [6.45, 7) is 4.86. The molecule has 4 N–H and O–H groups in total. The molecule has 1 aliphatic carbocycles. The van der Waals surface area contributed by atoms with Gasteiger partial charge in [-0.3, -0.25) is 15.0 Å². The van der Waals surface area contributed by atoms with Gasteiger partial charge in [0.2, 0.25) is 0 Å². The van der Waals surface area contributed by atoms with Gasteiger partial charge in [0.15, 0.2) is 0 Å². The van der Waals surface area contributed by atoms with Crippen molar-refractivity contribution in [2.24, 2.45) is 5.73 Å². The van der Waals surface area contributed by atoms with Crippen molar-refractivity contribution in [3.8, 4) is 0 Å². The molecule has 0 spiro atoms.